The van der Waals surface area contributed by atoms with E-state index in [1.165, 1.54) is 56.3 Å². The summed E-state index contributed by atoms with van der Waals surface area (Å²) >= 11 is 0. The molecule has 5 aromatic carbocycles. The van der Waals surface area contributed by atoms with Crippen molar-refractivity contribution >= 4 is 58.4 Å². The van der Waals surface area contributed by atoms with Gasteiger partial charge >= 0.3 is 5.97 Å². The van der Waals surface area contributed by atoms with Gasteiger partial charge in [-0.2, -0.15) is 5.26 Å². The van der Waals surface area contributed by atoms with Crippen molar-refractivity contribution in [1.82, 2.24) is 0 Å². The average molecular weight is 825 g/mol. The Balaban J connectivity index is 1.18. The molecule has 8 N–H and O–H groups in total. The number of nitrogens with zero attached hydrogens (tertiary/aromatic N) is 1. The largest absolute Gasteiger partial charge is 0.508 e. The number of nitrogens with one attached hydrogen (secondary N) is 3. The number of hydrogen-bond acceptors (Lipinski definition) is 11. The highest BCUT2D eigenvalue weighted by atomic mass is 16.4. The molecule has 0 saturated carbocycles. The number of nitriles is 1. The van der Waals surface area contributed by atoms with Gasteiger partial charge in [-0.1, -0.05) is 36.4 Å². The lowest BCUT2D eigenvalue weighted by molar-refractivity contribution is -0.119. The molecule has 0 aromatic heterocycles. The molecular weight excluding hydrogens is 785 g/mol. The van der Waals surface area contributed by atoms with Gasteiger partial charge in [-0.05, 0) is 92.1 Å². The summed E-state index contributed by atoms with van der Waals surface area (Å²) in [5, 5.41) is 67.5. The first-order chi connectivity index (χ1) is 29.0. The van der Waals surface area contributed by atoms with E-state index in [1.54, 1.807) is 49.4 Å². The molecule has 1 atom stereocenters. The first-order valence-electron chi connectivity index (χ1n) is 18.6. The minimum Gasteiger partial charge on any atom is -0.508 e. The van der Waals surface area contributed by atoms with E-state index < -0.39 is 52.6 Å². The molecule has 0 aliphatic heterocycles. The highest BCUT2D eigenvalue weighted by Crippen LogP contribution is 2.33. The summed E-state index contributed by atoms with van der Waals surface area (Å²) in [6.07, 6.45) is 1.19. The lowest BCUT2D eigenvalue weighted by atomic mass is 9.94. The second kappa shape index (κ2) is 19.0. The predicted molar refractivity (Wildman–Crippen MR) is 225 cm³/mol. The Morgan fingerprint density at radius 1 is 0.705 bits per heavy atom. The quantitative estimate of drug-likeness (QED) is 0.0382. The standard InChI is InChI=1S/C46H40N4O11/c1-24(20-27-6-11-32(51)12-7-27)38(52)21-28-4-8-29(9-5-28)39(53)22-30(18-19-47)43(57)48-31-10-13-33(40(54)23-31)44(58)49-36-16-14-34(41(55)25(36)2)45(59)50-37-17-15-35(46(60)61)42(56)26(37)3/h4-17,20,23,30,51,54-56H,18,21-22H2,1-3H3,(H,48,57)(H,49,58)(H,50,59)(H,60,61)/b24-20+/t30-/m1/s1. The van der Waals surface area contributed by atoms with Gasteiger partial charge in [0.15, 0.2) is 11.6 Å². The number of carbonyl (C=O) groups excluding carboxylic acids is 5. The van der Waals surface area contributed by atoms with Gasteiger partial charge in [0.2, 0.25) is 5.91 Å². The number of amides is 3. The summed E-state index contributed by atoms with van der Waals surface area (Å²) in [5.41, 5.74) is 1.91. The van der Waals surface area contributed by atoms with Crippen LogP contribution in [0, 0.1) is 31.1 Å². The van der Waals surface area contributed by atoms with E-state index in [2.05, 4.69) is 16.0 Å². The maximum absolute atomic E-state index is 13.2. The number of anilines is 3. The number of aromatic carboxylic acids is 1. The molecule has 5 rings (SSSR count). The van der Waals surface area contributed by atoms with Crippen molar-refractivity contribution in [2.45, 2.75) is 40.0 Å². The van der Waals surface area contributed by atoms with Crippen LogP contribution in [0.2, 0.25) is 0 Å². The van der Waals surface area contributed by atoms with Gasteiger partial charge in [0, 0.05) is 59.1 Å². The fourth-order valence-electron chi connectivity index (χ4n) is 6.20. The summed E-state index contributed by atoms with van der Waals surface area (Å²) in [4.78, 5) is 76.7. The Bertz CT molecular complexity index is 2640. The van der Waals surface area contributed by atoms with E-state index in [0.29, 0.717) is 11.1 Å². The van der Waals surface area contributed by atoms with Crippen molar-refractivity contribution < 1.29 is 54.3 Å². The van der Waals surface area contributed by atoms with Gasteiger partial charge in [-0.3, -0.25) is 24.0 Å². The number of ketones is 2. The van der Waals surface area contributed by atoms with E-state index in [4.69, 9.17) is 0 Å². The van der Waals surface area contributed by atoms with Crippen LogP contribution in [0.3, 0.4) is 0 Å². The van der Waals surface area contributed by atoms with Crippen molar-refractivity contribution in [3.63, 3.8) is 0 Å². The fraction of sp³-hybridized carbons (Fsp3) is 0.152. The highest BCUT2D eigenvalue weighted by Gasteiger charge is 2.25. The summed E-state index contributed by atoms with van der Waals surface area (Å²) < 4.78 is 0. The van der Waals surface area contributed by atoms with E-state index >= 15 is 0 Å². The summed E-state index contributed by atoms with van der Waals surface area (Å²) in [6, 6.07) is 23.4. The van der Waals surface area contributed by atoms with E-state index in [0.717, 1.165) is 17.7 Å². The zero-order chi connectivity index (χ0) is 44.5. The fourth-order valence-corrected chi connectivity index (χ4v) is 6.20. The van der Waals surface area contributed by atoms with Gasteiger partial charge in [-0.15, -0.1) is 0 Å². The van der Waals surface area contributed by atoms with Crippen molar-refractivity contribution in [1.29, 1.82) is 5.26 Å². The summed E-state index contributed by atoms with van der Waals surface area (Å²) in [5.74, 6) is -6.65. The second-order valence-electron chi connectivity index (χ2n) is 14.1. The van der Waals surface area contributed by atoms with Crippen LogP contribution < -0.4 is 16.0 Å². The number of benzene rings is 5. The number of hydrogen-bond donors (Lipinski definition) is 8. The monoisotopic (exact) mass is 824 g/mol. The highest BCUT2D eigenvalue weighted by molar-refractivity contribution is 6.10. The number of aromatic hydroxyl groups is 4. The third kappa shape index (κ3) is 10.6. The number of carboxylic acid groups (broad SMARTS) is 1. The number of Topliss-reactive ketones (excluding diaryl/α,β-unsaturated/α-hetero) is 2. The predicted octanol–water partition coefficient (Wildman–Crippen LogP) is 7.29. The Kier molecular flexibility index (Phi) is 13.7. The smallest absolute Gasteiger partial charge is 0.339 e. The van der Waals surface area contributed by atoms with Crippen molar-refractivity contribution in [3.05, 3.63) is 141 Å². The second-order valence-corrected chi connectivity index (χ2v) is 14.1. The van der Waals surface area contributed by atoms with E-state index in [-0.39, 0.29) is 81.2 Å². The van der Waals surface area contributed by atoms with Crippen LogP contribution in [0.1, 0.15) is 83.5 Å². The van der Waals surface area contributed by atoms with Gasteiger partial charge in [-0.25, -0.2) is 4.79 Å². The molecule has 0 heterocycles. The topological polar surface area (TPSA) is 263 Å². The molecule has 3 amide bonds. The van der Waals surface area contributed by atoms with Crippen LogP contribution in [0.4, 0.5) is 17.1 Å². The SMILES string of the molecule is C/C(=C\c1ccc(O)cc1)C(=O)Cc1ccc(C(=O)C[C@@H](CC#N)C(=O)Nc2ccc(C(=O)Nc3ccc(C(=O)Nc4ccc(C(=O)O)c(O)c4C)c(O)c3C)c(O)c2)cc1. The minimum absolute atomic E-state index is 0.0727. The Morgan fingerprint density at radius 2 is 1.26 bits per heavy atom. The van der Waals surface area contributed by atoms with Crippen LogP contribution in [0.5, 0.6) is 23.0 Å². The zero-order valence-corrected chi connectivity index (χ0v) is 33.1. The van der Waals surface area contributed by atoms with Crippen molar-refractivity contribution in [3.8, 4) is 29.1 Å². The lowest BCUT2D eigenvalue weighted by Gasteiger charge is -2.16. The number of carbonyl (C=O) groups is 6. The summed E-state index contributed by atoms with van der Waals surface area (Å²) in [7, 11) is 0. The first-order valence-corrected chi connectivity index (χ1v) is 18.6. The average Bonchev–Trinajstić information content (AvgIpc) is 3.22. The third-order valence-electron chi connectivity index (χ3n) is 9.84. The van der Waals surface area contributed by atoms with Crippen LogP contribution in [0.25, 0.3) is 6.08 Å². The Morgan fingerprint density at radius 3 is 1.84 bits per heavy atom. The van der Waals surface area contributed by atoms with Crippen LogP contribution in [-0.2, 0) is 16.0 Å². The third-order valence-corrected chi connectivity index (χ3v) is 9.84. The molecule has 15 heteroatoms. The number of allylic oxidation sites excluding steroid dienone is 1. The molecule has 0 unspecified atom stereocenters. The number of phenolic OH excluding ortho intramolecular Hbond substituents is 3. The zero-order valence-electron chi connectivity index (χ0n) is 33.1. The Labute approximate surface area is 349 Å². The van der Waals surface area contributed by atoms with Gasteiger partial charge < -0.3 is 41.5 Å². The van der Waals surface area contributed by atoms with Crippen LogP contribution in [-0.4, -0.2) is 60.8 Å². The maximum atomic E-state index is 13.2. The first kappa shape index (κ1) is 43.9. The molecule has 0 aliphatic carbocycles. The number of carboxylic acids is 1. The molecule has 0 aliphatic rings. The molecular formula is C46H40N4O11. The Hall–Kier alpha value is -8.25. The molecule has 0 saturated heterocycles. The minimum atomic E-state index is -1.35. The van der Waals surface area contributed by atoms with E-state index in [9.17, 15) is 59.6 Å². The molecule has 5 aromatic rings. The van der Waals surface area contributed by atoms with Crippen LogP contribution >= 0.6 is 0 Å². The number of rotatable bonds is 15. The van der Waals surface area contributed by atoms with Crippen molar-refractivity contribution in [2.75, 3.05) is 16.0 Å². The molecule has 15 nitrogen and oxygen atoms in total. The molecule has 310 valence electrons. The van der Waals surface area contributed by atoms with Gasteiger partial charge in [0.05, 0.1) is 23.1 Å². The molecule has 0 spiro atoms. The van der Waals surface area contributed by atoms with Gasteiger partial charge in [0.25, 0.3) is 11.8 Å². The number of phenols is 4. The molecule has 0 bridgehead atoms. The molecule has 61 heavy (non-hydrogen) atoms. The maximum Gasteiger partial charge on any atom is 0.339 e. The normalized spacial score (nSPS) is 11.5. The van der Waals surface area contributed by atoms with Gasteiger partial charge in [0.1, 0.15) is 28.6 Å². The van der Waals surface area contributed by atoms with Crippen LogP contribution in [0.15, 0.2) is 96.6 Å². The van der Waals surface area contributed by atoms with Crippen molar-refractivity contribution in [2.24, 2.45) is 5.92 Å². The van der Waals surface area contributed by atoms with E-state index in [1.807, 2.05) is 6.07 Å². The molecule has 0 fully saturated rings. The molecule has 0 radical (unpaired) electrons. The lowest BCUT2D eigenvalue weighted by Crippen LogP contribution is -2.25. The summed E-state index contributed by atoms with van der Waals surface area (Å²) in [6.45, 7) is 4.53.